The Balaban J connectivity index is 5.30. The lowest BCUT2D eigenvalue weighted by molar-refractivity contribution is 0.307. The van der Waals surface area contributed by atoms with Gasteiger partial charge in [0.15, 0.2) is 4.90 Å². The number of hydrogen-bond acceptors (Lipinski definition) is 2. The summed E-state index contributed by atoms with van der Waals surface area (Å²) in [5.41, 5.74) is 4.16. The highest BCUT2D eigenvalue weighted by molar-refractivity contribution is 7.72. The SMILES string of the molecule is CC(C)=CCC/C(C)=C/CC/C(C)=C/CC(CC=C(C)C)(P(=O)(O)O)P(=O)(O)O. The topological polar surface area (TPSA) is 115 Å². The van der Waals surface area contributed by atoms with Crippen LogP contribution in [0.5, 0.6) is 0 Å². The van der Waals surface area contributed by atoms with Crippen molar-refractivity contribution >= 4 is 15.2 Å². The summed E-state index contributed by atoms with van der Waals surface area (Å²) in [5.74, 6) is 0. The van der Waals surface area contributed by atoms with Gasteiger partial charge in [0, 0.05) is 0 Å². The van der Waals surface area contributed by atoms with E-state index in [-0.39, 0.29) is 12.8 Å². The molecule has 0 atom stereocenters. The first kappa shape index (κ1) is 28.3. The van der Waals surface area contributed by atoms with Crippen LogP contribution >= 0.6 is 15.2 Å². The second kappa shape index (κ2) is 12.2. The molecule has 0 unspecified atom stereocenters. The van der Waals surface area contributed by atoms with Crippen molar-refractivity contribution in [1.82, 2.24) is 0 Å². The maximum atomic E-state index is 12.1. The molecule has 0 fully saturated rings. The molecule has 29 heavy (non-hydrogen) atoms. The molecule has 0 aromatic heterocycles. The highest BCUT2D eigenvalue weighted by Crippen LogP contribution is 2.72. The molecular weight excluding hydrogens is 410 g/mol. The third-order valence-corrected chi connectivity index (χ3v) is 9.28. The first-order chi connectivity index (χ1) is 13.1. The fourth-order valence-corrected chi connectivity index (χ4v) is 5.45. The van der Waals surface area contributed by atoms with Crippen molar-refractivity contribution < 1.29 is 28.7 Å². The highest BCUT2D eigenvalue weighted by Gasteiger charge is 2.58. The largest absolute Gasteiger partial charge is 0.344 e. The van der Waals surface area contributed by atoms with Gasteiger partial charge in [0.25, 0.3) is 0 Å². The molecule has 0 rings (SSSR count). The Morgan fingerprint density at radius 1 is 0.655 bits per heavy atom. The van der Waals surface area contributed by atoms with Crippen LogP contribution in [0.3, 0.4) is 0 Å². The molecule has 168 valence electrons. The van der Waals surface area contributed by atoms with Crippen LogP contribution < -0.4 is 0 Å². The summed E-state index contributed by atoms with van der Waals surface area (Å²) in [4.78, 5) is 36.8. The Hall–Kier alpha value is -0.740. The van der Waals surface area contributed by atoms with Crippen LogP contribution in [0.2, 0.25) is 0 Å². The average Bonchev–Trinajstić information content (AvgIpc) is 2.51. The van der Waals surface area contributed by atoms with Crippen molar-refractivity contribution in [2.24, 2.45) is 0 Å². The van der Waals surface area contributed by atoms with Gasteiger partial charge in [0.1, 0.15) is 0 Å². The Kier molecular flexibility index (Phi) is 11.9. The van der Waals surface area contributed by atoms with Gasteiger partial charge in [-0.25, -0.2) is 0 Å². The van der Waals surface area contributed by atoms with E-state index >= 15 is 0 Å². The molecular formula is C21H38O6P2. The molecule has 0 aromatic carbocycles. The van der Waals surface area contributed by atoms with E-state index in [1.807, 2.05) is 6.92 Å². The maximum absolute atomic E-state index is 12.1. The lowest BCUT2D eigenvalue weighted by atomic mass is 10.0. The van der Waals surface area contributed by atoms with Gasteiger partial charge in [0.2, 0.25) is 0 Å². The number of allylic oxidation sites excluding steroid dienone is 8. The zero-order valence-corrected chi connectivity index (χ0v) is 20.3. The van der Waals surface area contributed by atoms with Crippen LogP contribution in [0, 0.1) is 0 Å². The third kappa shape index (κ3) is 10.2. The Morgan fingerprint density at radius 2 is 1.03 bits per heavy atom. The van der Waals surface area contributed by atoms with Gasteiger partial charge in [-0.1, -0.05) is 46.6 Å². The minimum atomic E-state index is -5.07. The summed E-state index contributed by atoms with van der Waals surface area (Å²) in [7, 11) is -10.1. The van der Waals surface area contributed by atoms with Gasteiger partial charge in [0.05, 0.1) is 0 Å². The fourth-order valence-electron chi connectivity index (χ4n) is 2.77. The van der Waals surface area contributed by atoms with Crippen LogP contribution in [0.1, 0.15) is 80.1 Å². The molecule has 8 heteroatoms. The van der Waals surface area contributed by atoms with Crippen molar-refractivity contribution in [1.29, 1.82) is 0 Å². The van der Waals surface area contributed by atoms with Gasteiger partial charge in [-0.2, -0.15) is 0 Å². The van der Waals surface area contributed by atoms with Gasteiger partial charge < -0.3 is 19.6 Å². The monoisotopic (exact) mass is 448 g/mol. The Morgan fingerprint density at radius 3 is 1.45 bits per heavy atom. The van der Waals surface area contributed by atoms with Crippen LogP contribution in [-0.4, -0.2) is 24.5 Å². The number of hydrogen-bond donors (Lipinski definition) is 4. The Labute approximate surface area is 175 Å². The third-order valence-electron chi connectivity index (χ3n) is 4.82. The molecule has 0 saturated heterocycles. The Bertz CT molecular complexity index is 719. The lowest BCUT2D eigenvalue weighted by Gasteiger charge is -2.33. The summed E-state index contributed by atoms with van der Waals surface area (Å²) in [6.45, 7) is 11.5. The molecule has 0 radical (unpaired) electrons. The van der Waals surface area contributed by atoms with Crippen molar-refractivity contribution in [2.45, 2.75) is 85.0 Å². The van der Waals surface area contributed by atoms with E-state index < -0.39 is 20.1 Å². The van der Waals surface area contributed by atoms with Gasteiger partial charge in [-0.3, -0.25) is 9.13 Å². The van der Waals surface area contributed by atoms with E-state index in [2.05, 4.69) is 32.9 Å². The predicted octanol–water partition coefficient (Wildman–Crippen LogP) is 6.20. The minimum absolute atomic E-state index is 0.375. The van der Waals surface area contributed by atoms with E-state index in [1.165, 1.54) is 17.2 Å². The summed E-state index contributed by atoms with van der Waals surface area (Å²) in [6, 6.07) is 0. The summed E-state index contributed by atoms with van der Waals surface area (Å²) in [5, 5.41) is 0. The van der Waals surface area contributed by atoms with Gasteiger partial charge >= 0.3 is 15.2 Å². The minimum Gasteiger partial charge on any atom is -0.324 e. The van der Waals surface area contributed by atoms with Crippen molar-refractivity contribution in [3.63, 3.8) is 0 Å². The van der Waals surface area contributed by atoms with E-state index in [0.717, 1.165) is 30.4 Å². The van der Waals surface area contributed by atoms with E-state index in [4.69, 9.17) is 0 Å². The first-order valence-corrected chi connectivity index (χ1v) is 13.0. The van der Waals surface area contributed by atoms with Crippen LogP contribution in [0.15, 0.2) is 46.6 Å². The van der Waals surface area contributed by atoms with Gasteiger partial charge in [-0.05, 0) is 80.1 Å². The quantitative estimate of drug-likeness (QED) is 0.209. The van der Waals surface area contributed by atoms with E-state index in [9.17, 15) is 28.7 Å². The molecule has 0 aromatic rings. The first-order valence-electron chi connectivity index (χ1n) is 9.81. The van der Waals surface area contributed by atoms with Crippen molar-refractivity contribution in [3.8, 4) is 0 Å². The molecule has 0 heterocycles. The average molecular weight is 448 g/mol. The smallest absolute Gasteiger partial charge is 0.324 e. The molecule has 0 bridgehead atoms. The lowest BCUT2D eigenvalue weighted by Crippen LogP contribution is -2.28. The molecule has 0 saturated carbocycles. The summed E-state index contributed by atoms with van der Waals surface area (Å²) in [6.07, 6.45) is 10.0. The van der Waals surface area contributed by atoms with Gasteiger partial charge in [-0.15, -0.1) is 0 Å². The second-order valence-electron chi connectivity index (χ2n) is 8.22. The molecule has 6 nitrogen and oxygen atoms in total. The highest BCUT2D eigenvalue weighted by atomic mass is 31.2. The second-order valence-corrected chi connectivity index (χ2v) is 12.5. The molecule has 0 spiro atoms. The zero-order chi connectivity index (χ0) is 22.9. The zero-order valence-electron chi connectivity index (χ0n) is 18.6. The van der Waals surface area contributed by atoms with Crippen LogP contribution in [0.4, 0.5) is 0 Å². The maximum Gasteiger partial charge on any atom is 0.344 e. The van der Waals surface area contributed by atoms with E-state index in [0.29, 0.717) is 6.42 Å². The standard InChI is InChI=1S/C21H38O6P2/c1-17(2)9-7-10-19(5)11-8-12-20(6)14-16-21(28(22,23)24,29(25,26)27)15-13-18(3)4/h9,11,13-14H,7-8,10,12,15-16H2,1-6H3,(H2,22,23,24)(H2,25,26,27)/b19-11+,20-14+. The molecule has 0 aliphatic carbocycles. The summed E-state index contributed by atoms with van der Waals surface area (Å²) < 4.78 is 24.2. The molecule has 0 amide bonds. The molecule has 4 N–H and O–H groups in total. The fraction of sp³-hybridized carbons (Fsp3) is 0.619. The summed E-state index contributed by atoms with van der Waals surface area (Å²) >= 11 is 0. The van der Waals surface area contributed by atoms with Crippen molar-refractivity contribution in [2.75, 3.05) is 0 Å². The predicted molar refractivity (Wildman–Crippen MR) is 121 cm³/mol. The normalized spacial score (nSPS) is 14.0. The molecule has 0 aliphatic heterocycles. The molecule has 0 aliphatic rings. The van der Waals surface area contributed by atoms with Crippen molar-refractivity contribution in [3.05, 3.63) is 46.6 Å². The van der Waals surface area contributed by atoms with Crippen LogP contribution in [-0.2, 0) is 9.13 Å². The van der Waals surface area contributed by atoms with Crippen LogP contribution in [0.25, 0.3) is 0 Å². The number of rotatable bonds is 12. The van der Waals surface area contributed by atoms with E-state index in [1.54, 1.807) is 19.9 Å².